The van der Waals surface area contributed by atoms with Gasteiger partial charge in [0.1, 0.15) is 17.8 Å². The van der Waals surface area contributed by atoms with Crippen LogP contribution in [0.15, 0.2) is 12.3 Å². The number of hydrogen-bond acceptors (Lipinski definition) is 5. The highest BCUT2D eigenvalue weighted by Gasteiger charge is 2.29. The first-order valence-electron chi connectivity index (χ1n) is 6.72. The largest absolute Gasteiger partial charge is 0.480 e. The fraction of sp³-hybridized carbons (Fsp3) is 0.615. The molecule has 0 aromatic rings. The van der Waals surface area contributed by atoms with Gasteiger partial charge < -0.3 is 15.5 Å². The Morgan fingerprint density at radius 3 is 2.52 bits per heavy atom. The number of carboxylic acid groups (broad SMARTS) is 1. The number of aliphatic hydroxyl groups is 1. The van der Waals surface area contributed by atoms with E-state index in [1.165, 1.54) is 0 Å². The van der Waals surface area contributed by atoms with E-state index in [1.54, 1.807) is 13.8 Å². The van der Waals surface area contributed by atoms with Crippen molar-refractivity contribution in [3.8, 4) is 0 Å². The van der Waals surface area contributed by atoms with Crippen molar-refractivity contribution in [1.29, 1.82) is 0 Å². The van der Waals surface area contributed by atoms with E-state index < -0.39 is 29.9 Å². The molecule has 1 fully saturated rings. The van der Waals surface area contributed by atoms with Crippen LogP contribution < -0.4 is 10.7 Å². The van der Waals surface area contributed by atoms with Crippen LogP contribution in [0.3, 0.4) is 0 Å². The molecule has 4 N–H and O–H groups in total. The van der Waals surface area contributed by atoms with Crippen LogP contribution in [0, 0.1) is 5.92 Å². The monoisotopic (exact) mass is 299 g/mol. The van der Waals surface area contributed by atoms with Gasteiger partial charge in [0, 0.05) is 6.54 Å². The van der Waals surface area contributed by atoms with Crippen molar-refractivity contribution in [2.24, 2.45) is 5.92 Å². The highest BCUT2D eigenvalue weighted by Crippen LogP contribution is 2.10. The summed E-state index contributed by atoms with van der Waals surface area (Å²) in [7, 11) is 0. The molecule has 8 heteroatoms. The molecule has 0 unspecified atom stereocenters. The summed E-state index contributed by atoms with van der Waals surface area (Å²) in [6, 6.07) is -0.840. The summed E-state index contributed by atoms with van der Waals surface area (Å²) in [6.07, 6.45) is -0.286. The Morgan fingerprint density at radius 2 is 2.00 bits per heavy atom. The van der Waals surface area contributed by atoms with Gasteiger partial charge in [0.2, 0.25) is 0 Å². The zero-order chi connectivity index (χ0) is 16.2. The predicted octanol–water partition coefficient (Wildman–Crippen LogP) is -0.787. The maximum atomic E-state index is 12.1. The predicted molar refractivity (Wildman–Crippen MR) is 73.6 cm³/mol. The van der Waals surface area contributed by atoms with Gasteiger partial charge in [0.25, 0.3) is 11.8 Å². The first kappa shape index (κ1) is 17.1. The van der Waals surface area contributed by atoms with E-state index >= 15 is 0 Å². The average molecular weight is 299 g/mol. The molecule has 0 saturated carbocycles. The minimum atomic E-state index is -1.24. The van der Waals surface area contributed by atoms with Crippen molar-refractivity contribution < 1.29 is 24.6 Å². The highest BCUT2D eigenvalue weighted by atomic mass is 16.4. The topological polar surface area (TPSA) is 119 Å². The lowest BCUT2D eigenvalue weighted by atomic mass is 10.1. The number of nitrogens with zero attached hydrogens (tertiary/aromatic N) is 1. The second-order valence-electron chi connectivity index (χ2n) is 5.28. The maximum absolute atomic E-state index is 12.1. The molecule has 2 atom stereocenters. The molecule has 1 aliphatic rings. The molecule has 0 bridgehead atoms. The number of nitrogens with one attached hydrogen (secondary N) is 2. The number of amides is 2. The third-order valence-corrected chi connectivity index (χ3v) is 3.16. The number of aliphatic carboxylic acids is 1. The standard InChI is InChI=1S/C13H21N3O5/c1-7(2)10(17)11(18)14-8(3)12(19)16-6-4-5-9(15-16)13(20)21/h7,9-10,15,17H,3-6H2,1-2H3,(H,14,18)(H,20,21)/t9-,10-/m0/s1. The summed E-state index contributed by atoms with van der Waals surface area (Å²) in [5.74, 6) is -2.67. The van der Waals surface area contributed by atoms with Crippen molar-refractivity contribution in [3.05, 3.63) is 12.3 Å². The minimum absolute atomic E-state index is 0.210. The number of carbonyl (C=O) groups is 3. The quantitative estimate of drug-likeness (QED) is 0.494. The molecule has 1 heterocycles. The molecule has 0 aromatic heterocycles. The molecule has 0 spiro atoms. The van der Waals surface area contributed by atoms with Gasteiger partial charge in [-0.15, -0.1) is 0 Å². The smallest absolute Gasteiger partial charge is 0.322 e. The zero-order valence-electron chi connectivity index (χ0n) is 12.1. The Morgan fingerprint density at radius 1 is 1.38 bits per heavy atom. The molecule has 1 rings (SSSR count). The summed E-state index contributed by atoms with van der Waals surface area (Å²) >= 11 is 0. The van der Waals surface area contributed by atoms with Gasteiger partial charge in [-0.3, -0.25) is 19.4 Å². The van der Waals surface area contributed by atoms with Gasteiger partial charge in [-0.1, -0.05) is 20.4 Å². The van der Waals surface area contributed by atoms with Gasteiger partial charge >= 0.3 is 5.97 Å². The van der Waals surface area contributed by atoms with E-state index in [0.717, 1.165) is 5.01 Å². The molecule has 0 radical (unpaired) electrons. The molecule has 8 nitrogen and oxygen atoms in total. The van der Waals surface area contributed by atoms with Crippen LogP contribution in [-0.4, -0.2) is 51.7 Å². The molecule has 21 heavy (non-hydrogen) atoms. The van der Waals surface area contributed by atoms with Gasteiger partial charge in [0.15, 0.2) is 0 Å². The maximum Gasteiger partial charge on any atom is 0.322 e. The Kier molecular flexibility index (Phi) is 5.86. The lowest BCUT2D eigenvalue weighted by molar-refractivity contribution is -0.146. The molecule has 2 amide bonds. The first-order chi connectivity index (χ1) is 9.73. The Labute approximate surface area is 122 Å². The third kappa shape index (κ3) is 4.54. The minimum Gasteiger partial charge on any atom is -0.480 e. The van der Waals surface area contributed by atoms with Gasteiger partial charge in [-0.25, -0.2) is 5.43 Å². The van der Waals surface area contributed by atoms with Gasteiger partial charge in [-0.2, -0.15) is 0 Å². The number of hydrogen-bond donors (Lipinski definition) is 4. The number of carbonyl (C=O) groups excluding carboxylic acids is 2. The number of carboxylic acids is 1. The average Bonchev–Trinajstić information content (AvgIpc) is 2.45. The number of rotatable bonds is 5. The molecule has 0 aromatic carbocycles. The normalized spacial score (nSPS) is 20.0. The number of hydrazine groups is 1. The Bertz CT molecular complexity index is 449. The summed E-state index contributed by atoms with van der Waals surface area (Å²) in [5, 5.41) is 21.9. The second-order valence-corrected chi connectivity index (χ2v) is 5.28. The summed E-state index contributed by atoms with van der Waals surface area (Å²) in [5.41, 5.74) is 2.36. The van der Waals surface area contributed by atoms with Crippen molar-refractivity contribution in [1.82, 2.24) is 15.8 Å². The van der Waals surface area contributed by atoms with E-state index in [-0.39, 0.29) is 11.6 Å². The Hall–Kier alpha value is -1.93. The van der Waals surface area contributed by atoms with Crippen LogP contribution >= 0.6 is 0 Å². The molecule has 1 aliphatic heterocycles. The summed E-state index contributed by atoms with van der Waals surface area (Å²) in [4.78, 5) is 34.6. The van der Waals surface area contributed by atoms with Crippen LogP contribution in [0.4, 0.5) is 0 Å². The van der Waals surface area contributed by atoms with E-state index in [4.69, 9.17) is 5.11 Å². The molecular weight excluding hydrogens is 278 g/mol. The van der Waals surface area contributed by atoms with Gasteiger partial charge in [0.05, 0.1) is 0 Å². The van der Waals surface area contributed by atoms with Crippen molar-refractivity contribution in [2.75, 3.05) is 6.54 Å². The van der Waals surface area contributed by atoms with Crippen LogP contribution in [0.2, 0.25) is 0 Å². The first-order valence-corrected chi connectivity index (χ1v) is 6.72. The van der Waals surface area contributed by atoms with E-state index in [2.05, 4.69) is 17.3 Å². The summed E-state index contributed by atoms with van der Waals surface area (Å²) in [6.45, 7) is 7.11. The van der Waals surface area contributed by atoms with Crippen molar-refractivity contribution in [3.63, 3.8) is 0 Å². The van der Waals surface area contributed by atoms with Crippen molar-refractivity contribution in [2.45, 2.75) is 38.8 Å². The second kappa shape index (κ2) is 7.19. The lowest BCUT2D eigenvalue weighted by Crippen LogP contribution is -2.56. The zero-order valence-corrected chi connectivity index (χ0v) is 12.1. The fourth-order valence-corrected chi connectivity index (χ4v) is 1.85. The molecular formula is C13H21N3O5. The van der Waals surface area contributed by atoms with Gasteiger partial charge in [-0.05, 0) is 18.8 Å². The SMILES string of the molecule is C=C(NC(=O)[C@@H](O)C(C)C)C(=O)N1CCC[C@@H](C(=O)O)N1. The van der Waals surface area contributed by atoms with E-state index in [1.807, 2.05) is 0 Å². The lowest BCUT2D eigenvalue weighted by Gasteiger charge is -2.32. The molecule has 118 valence electrons. The fourth-order valence-electron chi connectivity index (χ4n) is 1.85. The van der Waals surface area contributed by atoms with E-state index in [0.29, 0.717) is 19.4 Å². The van der Waals surface area contributed by atoms with Crippen LogP contribution in [0.25, 0.3) is 0 Å². The van der Waals surface area contributed by atoms with E-state index in [9.17, 15) is 19.5 Å². The van der Waals surface area contributed by atoms with Crippen LogP contribution in [-0.2, 0) is 14.4 Å². The molecule has 1 saturated heterocycles. The highest BCUT2D eigenvalue weighted by molar-refractivity contribution is 5.97. The van der Waals surface area contributed by atoms with Crippen LogP contribution in [0.1, 0.15) is 26.7 Å². The third-order valence-electron chi connectivity index (χ3n) is 3.16. The van der Waals surface area contributed by atoms with Crippen molar-refractivity contribution >= 4 is 17.8 Å². The summed E-state index contributed by atoms with van der Waals surface area (Å²) < 4.78 is 0. The molecule has 0 aliphatic carbocycles. The van der Waals surface area contributed by atoms with Crippen LogP contribution in [0.5, 0.6) is 0 Å². The number of aliphatic hydroxyl groups excluding tert-OH is 1. The Balaban J connectivity index is 2.60.